The number of piperidine rings is 1. The van der Waals surface area contributed by atoms with Gasteiger partial charge >= 0.3 is 6.18 Å². The number of aromatic nitrogens is 1. The molecular weight excluding hydrogens is 253 g/mol. The molecule has 0 amide bonds. The number of rotatable bonds is 3. The summed E-state index contributed by atoms with van der Waals surface area (Å²) in [6.07, 6.45) is 0.675. The molecule has 1 aromatic rings. The molecule has 0 radical (unpaired) electrons. The van der Waals surface area contributed by atoms with E-state index in [1.807, 2.05) is 0 Å². The maximum absolute atomic E-state index is 12.8. The third-order valence-corrected chi connectivity index (χ3v) is 4.25. The van der Waals surface area contributed by atoms with E-state index in [9.17, 15) is 13.2 Å². The van der Waals surface area contributed by atoms with E-state index in [0.717, 1.165) is 37.3 Å². The van der Waals surface area contributed by atoms with Gasteiger partial charge in [0, 0.05) is 12.2 Å². The third kappa shape index (κ3) is 2.91. The highest BCUT2D eigenvalue weighted by Gasteiger charge is 2.41. The molecule has 1 saturated carbocycles. The van der Waals surface area contributed by atoms with Gasteiger partial charge in [0.1, 0.15) is 0 Å². The lowest BCUT2D eigenvalue weighted by Gasteiger charge is -2.23. The fourth-order valence-electron chi connectivity index (χ4n) is 3.04. The van der Waals surface area contributed by atoms with Crippen molar-refractivity contribution < 1.29 is 13.2 Å². The Kier molecular flexibility index (Phi) is 3.25. The van der Waals surface area contributed by atoms with E-state index >= 15 is 0 Å². The molecule has 104 valence electrons. The molecule has 19 heavy (non-hydrogen) atoms. The van der Waals surface area contributed by atoms with Crippen molar-refractivity contribution in [2.75, 3.05) is 6.54 Å². The van der Waals surface area contributed by atoms with E-state index in [1.54, 1.807) is 0 Å². The fourth-order valence-corrected chi connectivity index (χ4v) is 3.04. The molecule has 1 aliphatic carbocycles. The Bertz CT molecular complexity index is 458. The molecule has 1 aliphatic heterocycles. The lowest BCUT2D eigenvalue weighted by Crippen LogP contribution is -2.36. The molecular formula is C14H17F3N2. The zero-order valence-electron chi connectivity index (χ0n) is 10.6. The van der Waals surface area contributed by atoms with Crippen LogP contribution in [0, 0.1) is 11.8 Å². The van der Waals surface area contributed by atoms with Crippen LogP contribution >= 0.6 is 0 Å². The first kappa shape index (κ1) is 12.9. The summed E-state index contributed by atoms with van der Waals surface area (Å²) in [6.45, 7) is 1.03. The number of halogens is 3. The van der Waals surface area contributed by atoms with Crippen LogP contribution in [0.5, 0.6) is 0 Å². The maximum atomic E-state index is 12.8. The van der Waals surface area contributed by atoms with Crippen molar-refractivity contribution in [1.82, 2.24) is 10.3 Å². The maximum Gasteiger partial charge on any atom is 0.418 e. The van der Waals surface area contributed by atoms with E-state index < -0.39 is 11.7 Å². The quantitative estimate of drug-likeness (QED) is 0.913. The van der Waals surface area contributed by atoms with Crippen molar-refractivity contribution in [1.29, 1.82) is 0 Å². The smallest absolute Gasteiger partial charge is 0.314 e. The van der Waals surface area contributed by atoms with Gasteiger partial charge in [0.05, 0.1) is 11.3 Å². The molecule has 2 heterocycles. The predicted octanol–water partition coefficient (Wildman–Crippen LogP) is 3.03. The van der Waals surface area contributed by atoms with E-state index in [4.69, 9.17) is 0 Å². The minimum absolute atomic E-state index is 0.176. The van der Waals surface area contributed by atoms with Crippen LogP contribution in [0.1, 0.15) is 30.5 Å². The Morgan fingerprint density at radius 3 is 2.84 bits per heavy atom. The lowest BCUT2D eigenvalue weighted by atomic mass is 9.98. The number of hydrogen-bond donors (Lipinski definition) is 1. The second-order valence-corrected chi connectivity index (χ2v) is 5.63. The van der Waals surface area contributed by atoms with Gasteiger partial charge in [-0.25, -0.2) is 0 Å². The summed E-state index contributed by atoms with van der Waals surface area (Å²) in [4.78, 5) is 3.91. The van der Waals surface area contributed by atoms with Crippen LogP contribution in [0.4, 0.5) is 13.2 Å². The van der Waals surface area contributed by atoms with Crippen molar-refractivity contribution in [3.8, 4) is 0 Å². The standard InChI is InChI=1S/C14H17F3N2/c15-14(16,17)12-2-1-5-18-13(12)4-3-11-7-9-6-10(9)8-19-11/h1-2,5,9-11,19H,3-4,6-8H2/t9-,10+,11-/m1/s1. The van der Waals surface area contributed by atoms with Crippen molar-refractivity contribution in [3.63, 3.8) is 0 Å². The lowest BCUT2D eigenvalue weighted by molar-refractivity contribution is -0.138. The van der Waals surface area contributed by atoms with Gasteiger partial charge in [-0.15, -0.1) is 0 Å². The molecule has 1 N–H and O–H groups in total. The topological polar surface area (TPSA) is 24.9 Å². The van der Waals surface area contributed by atoms with Crippen molar-refractivity contribution >= 4 is 0 Å². The molecule has 1 saturated heterocycles. The molecule has 3 atom stereocenters. The molecule has 0 aromatic carbocycles. The van der Waals surface area contributed by atoms with E-state index in [2.05, 4.69) is 10.3 Å². The summed E-state index contributed by atoms with van der Waals surface area (Å²) in [5, 5.41) is 3.43. The van der Waals surface area contributed by atoms with Crippen LogP contribution in [0.15, 0.2) is 18.3 Å². The predicted molar refractivity (Wildman–Crippen MR) is 65.6 cm³/mol. The summed E-state index contributed by atoms with van der Waals surface area (Å²) >= 11 is 0. The summed E-state index contributed by atoms with van der Waals surface area (Å²) in [7, 11) is 0. The highest BCUT2D eigenvalue weighted by molar-refractivity contribution is 5.23. The van der Waals surface area contributed by atoms with Gasteiger partial charge in [-0.05, 0) is 56.2 Å². The number of nitrogens with one attached hydrogen (secondary N) is 1. The number of nitrogens with zero attached hydrogens (tertiary/aromatic N) is 1. The average Bonchev–Trinajstić information content (AvgIpc) is 3.14. The van der Waals surface area contributed by atoms with Gasteiger partial charge < -0.3 is 5.32 Å². The summed E-state index contributed by atoms with van der Waals surface area (Å²) < 4.78 is 38.5. The van der Waals surface area contributed by atoms with Crippen molar-refractivity contribution in [2.45, 2.75) is 37.9 Å². The first-order valence-electron chi connectivity index (χ1n) is 6.78. The number of aryl methyl sites for hydroxylation is 1. The summed E-state index contributed by atoms with van der Waals surface area (Å²) in [5.41, 5.74) is -0.412. The van der Waals surface area contributed by atoms with E-state index in [-0.39, 0.29) is 5.69 Å². The van der Waals surface area contributed by atoms with Crippen molar-refractivity contribution in [3.05, 3.63) is 29.6 Å². The largest absolute Gasteiger partial charge is 0.418 e. The first-order valence-corrected chi connectivity index (χ1v) is 6.78. The minimum atomic E-state index is -4.30. The fraction of sp³-hybridized carbons (Fsp3) is 0.643. The van der Waals surface area contributed by atoms with Gasteiger partial charge in [0.25, 0.3) is 0 Å². The van der Waals surface area contributed by atoms with Gasteiger partial charge in [-0.3, -0.25) is 4.98 Å². The highest BCUT2D eigenvalue weighted by atomic mass is 19.4. The molecule has 2 nitrogen and oxygen atoms in total. The molecule has 2 aliphatic rings. The molecule has 2 fully saturated rings. The van der Waals surface area contributed by atoms with Gasteiger partial charge in [-0.1, -0.05) is 0 Å². The number of pyridine rings is 1. The molecule has 3 rings (SSSR count). The van der Waals surface area contributed by atoms with Gasteiger partial charge in [0.2, 0.25) is 0 Å². The normalized spacial score (nSPS) is 29.9. The van der Waals surface area contributed by atoms with Crippen LogP contribution in [0.25, 0.3) is 0 Å². The van der Waals surface area contributed by atoms with Crippen LogP contribution in [-0.2, 0) is 12.6 Å². The molecule has 0 bridgehead atoms. The number of fused-ring (bicyclic) bond motifs is 1. The zero-order chi connectivity index (χ0) is 13.5. The van der Waals surface area contributed by atoms with E-state index in [1.165, 1.54) is 18.7 Å². The van der Waals surface area contributed by atoms with Crippen LogP contribution < -0.4 is 5.32 Å². The zero-order valence-corrected chi connectivity index (χ0v) is 10.6. The minimum Gasteiger partial charge on any atom is -0.314 e. The summed E-state index contributed by atoms with van der Waals surface area (Å²) in [6, 6.07) is 2.82. The Labute approximate surface area is 110 Å². The van der Waals surface area contributed by atoms with E-state index in [0.29, 0.717) is 12.5 Å². The monoisotopic (exact) mass is 270 g/mol. The second-order valence-electron chi connectivity index (χ2n) is 5.63. The SMILES string of the molecule is FC(F)(F)c1cccnc1CC[C@@H]1C[C@H]2C[C@H]2CN1. The van der Waals surface area contributed by atoms with Gasteiger partial charge in [-0.2, -0.15) is 13.2 Å². The Morgan fingerprint density at radius 2 is 2.11 bits per heavy atom. The van der Waals surface area contributed by atoms with Crippen LogP contribution in [-0.4, -0.2) is 17.6 Å². The number of alkyl halides is 3. The number of hydrogen-bond acceptors (Lipinski definition) is 2. The van der Waals surface area contributed by atoms with Crippen LogP contribution in [0.2, 0.25) is 0 Å². The molecule has 0 spiro atoms. The molecule has 5 heteroatoms. The molecule has 0 unspecified atom stereocenters. The Morgan fingerprint density at radius 1 is 1.26 bits per heavy atom. The van der Waals surface area contributed by atoms with Gasteiger partial charge in [0.15, 0.2) is 0 Å². The van der Waals surface area contributed by atoms with Crippen LogP contribution in [0.3, 0.4) is 0 Å². The summed E-state index contributed by atoms with van der Waals surface area (Å²) in [5.74, 6) is 1.65. The Balaban J connectivity index is 1.63. The highest BCUT2D eigenvalue weighted by Crippen LogP contribution is 2.44. The third-order valence-electron chi connectivity index (χ3n) is 4.25. The average molecular weight is 270 g/mol. The molecule has 1 aromatic heterocycles. The van der Waals surface area contributed by atoms with Crippen molar-refractivity contribution in [2.24, 2.45) is 11.8 Å². The first-order chi connectivity index (χ1) is 9.04. The Hall–Kier alpha value is -1.10. The second kappa shape index (κ2) is 4.78.